The topological polar surface area (TPSA) is 61.6 Å². The van der Waals surface area contributed by atoms with Crippen molar-refractivity contribution in [3.05, 3.63) is 39.9 Å². The SMILES string of the molecule is O=[N+]([O-])c1ccc(CCO[C@H]2CCCO2)cc1. The highest BCUT2D eigenvalue weighted by Gasteiger charge is 2.15. The molecular formula is C12H15NO4. The lowest BCUT2D eigenvalue weighted by Crippen LogP contribution is -2.12. The molecule has 0 saturated carbocycles. The average Bonchev–Trinajstić information content (AvgIpc) is 2.83. The Hall–Kier alpha value is -1.46. The fourth-order valence-electron chi connectivity index (χ4n) is 1.77. The Balaban J connectivity index is 1.76. The van der Waals surface area contributed by atoms with E-state index in [1.54, 1.807) is 12.1 Å². The molecule has 1 atom stereocenters. The van der Waals surface area contributed by atoms with Crippen LogP contribution in [-0.2, 0) is 15.9 Å². The molecule has 0 bridgehead atoms. The third kappa shape index (κ3) is 3.51. The number of nitrogens with zero attached hydrogens (tertiary/aromatic N) is 1. The maximum absolute atomic E-state index is 10.5. The fraction of sp³-hybridized carbons (Fsp3) is 0.500. The van der Waals surface area contributed by atoms with Crippen molar-refractivity contribution in [2.45, 2.75) is 25.6 Å². The summed E-state index contributed by atoms with van der Waals surface area (Å²) in [5.41, 5.74) is 1.15. The number of nitro benzene ring substituents is 1. The summed E-state index contributed by atoms with van der Waals surface area (Å²) in [6.07, 6.45) is 2.70. The Kier molecular flexibility index (Phi) is 4.06. The van der Waals surface area contributed by atoms with E-state index in [1.165, 1.54) is 12.1 Å². The second kappa shape index (κ2) is 5.75. The van der Waals surface area contributed by atoms with Gasteiger partial charge in [-0.2, -0.15) is 0 Å². The summed E-state index contributed by atoms with van der Waals surface area (Å²) in [4.78, 5) is 10.1. The van der Waals surface area contributed by atoms with Gasteiger partial charge in [0.05, 0.1) is 11.5 Å². The van der Waals surface area contributed by atoms with Gasteiger partial charge in [-0.3, -0.25) is 10.1 Å². The number of ether oxygens (including phenoxy) is 2. The minimum absolute atomic E-state index is 0.0620. The Labute approximate surface area is 99.5 Å². The zero-order chi connectivity index (χ0) is 12.1. The summed E-state index contributed by atoms with van der Waals surface area (Å²) in [7, 11) is 0. The lowest BCUT2D eigenvalue weighted by atomic mass is 10.1. The Morgan fingerprint density at radius 2 is 2.18 bits per heavy atom. The quantitative estimate of drug-likeness (QED) is 0.582. The molecule has 1 aromatic rings. The van der Waals surface area contributed by atoms with Crippen molar-refractivity contribution in [3.63, 3.8) is 0 Å². The third-order valence-corrected chi connectivity index (χ3v) is 2.73. The molecule has 0 unspecified atom stereocenters. The molecular weight excluding hydrogens is 222 g/mol. The van der Waals surface area contributed by atoms with Crippen LogP contribution in [0.5, 0.6) is 0 Å². The van der Waals surface area contributed by atoms with E-state index in [2.05, 4.69) is 0 Å². The van der Waals surface area contributed by atoms with Crippen LogP contribution in [0.1, 0.15) is 18.4 Å². The minimum Gasteiger partial charge on any atom is -0.353 e. The zero-order valence-electron chi connectivity index (χ0n) is 9.50. The molecule has 5 nitrogen and oxygen atoms in total. The number of nitro groups is 1. The molecule has 1 heterocycles. The molecule has 2 rings (SSSR count). The van der Waals surface area contributed by atoms with Crippen LogP contribution in [0.2, 0.25) is 0 Å². The van der Waals surface area contributed by atoms with E-state index in [0.717, 1.165) is 31.4 Å². The molecule has 17 heavy (non-hydrogen) atoms. The summed E-state index contributed by atoms with van der Waals surface area (Å²) in [6, 6.07) is 6.55. The molecule has 0 spiro atoms. The fourth-order valence-corrected chi connectivity index (χ4v) is 1.77. The molecule has 1 fully saturated rings. The van der Waals surface area contributed by atoms with Crippen molar-refractivity contribution < 1.29 is 14.4 Å². The molecule has 0 aliphatic carbocycles. The van der Waals surface area contributed by atoms with E-state index in [1.807, 2.05) is 0 Å². The van der Waals surface area contributed by atoms with Gasteiger partial charge in [0.2, 0.25) is 0 Å². The first-order chi connectivity index (χ1) is 8.25. The van der Waals surface area contributed by atoms with Gasteiger partial charge in [-0.1, -0.05) is 12.1 Å². The molecule has 0 N–H and O–H groups in total. The second-order valence-corrected chi connectivity index (χ2v) is 3.99. The minimum atomic E-state index is -0.396. The van der Waals surface area contributed by atoms with Crippen LogP contribution in [0, 0.1) is 10.1 Å². The molecule has 0 radical (unpaired) electrons. The van der Waals surface area contributed by atoms with Crippen LogP contribution in [0.15, 0.2) is 24.3 Å². The van der Waals surface area contributed by atoms with Crippen LogP contribution in [0.3, 0.4) is 0 Å². The van der Waals surface area contributed by atoms with Crippen molar-refractivity contribution in [1.82, 2.24) is 0 Å². The van der Waals surface area contributed by atoms with E-state index in [0.29, 0.717) is 6.61 Å². The van der Waals surface area contributed by atoms with Gasteiger partial charge >= 0.3 is 0 Å². The lowest BCUT2D eigenvalue weighted by molar-refractivity contribution is -0.384. The molecule has 1 saturated heterocycles. The lowest BCUT2D eigenvalue weighted by Gasteiger charge is -2.10. The summed E-state index contributed by atoms with van der Waals surface area (Å²) >= 11 is 0. The van der Waals surface area contributed by atoms with Crippen LogP contribution in [-0.4, -0.2) is 24.4 Å². The van der Waals surface area contributed by atoms with Gasteiger partial charge in [-0.25, -0.2) is 0 Å². The number of benzene rings is 1. The largest absolute Gasteiger partial charge is 0.353 e. The van der Waals surface area contributed by atoms with Gasteiger partial charge in [0.1, 0.15) is 0 Å². The Morgan fingerprint density at radius 1 is 1.41 bits per heavy atom. The molecule has 1 aromatic carbocycles. The second-order valence-electron chi connectivity index (χ2n) is 3.99. The summed E-state index contributed by atoms with van der Waals surface area (Å²) < 4.78 is 10.9. The highest BCUT2D eigenvalue weighted by Crippen LogP contribution is 2.15. The van der Waals surface area contributed by atoms with Gasteiger partial charge in [-0.15, -0.1) is 0 Å². The van der Waals surface area contributed by atoms with E-state index in [4.69, 9.17) is 9.47 Å². The van der Waals surface area contributed by atoms with Crippen LogP contribution in [0.4, 0.5) is 5.69 Å². The Morgan fingerprint density at radius 3 is 2.76 bits per heavy atom. The average molecular weight is 237 g/mol. The van der Waals surface area contributed by atoms with Crippen LogP contribution >= 0.6 is 0 Å². The maximum atomic E-state index is 10.5. The van der Waals surface area contributed by atoms with Crippen LogP contribution < -0.4 is 0 Å². The van der Waals surface area contributed by atoms with Crippen LogP contribution in [0.25, 0.3) is 0 Å². The van der Waals surface area contributed by atoms with Gasteiger partial charge in [0, 0.05) is 25.2 Å². The predicted molar refractivity (Wildman–Crippen MR) is 61.7 cm³/mol. The molecule has 0 amide bonds. The van der Waals surface area contributed by atoms with Gasteiger partial charge in [-0.05, 0) is 18.4 Å². The van der Waals surface area contributed by atoms with Gasteiger partial charge < -0.3 is 9.47 Å². The van der Waals surface area contributed by atoms with E-state index in [-0.39, 0.29) is 12.0 Å². The standard InChI is InChI=1S/C12H15NO4/c14-13(15)11-5-3-10(4-6-11)7-9-17-12-2-1-8-16-12/h3-6,12H,1-2,7-9H2/t12-/m0/s1. The smallest absolute Gasteiger partial charge is 0.269 e. The monoisotopic (exact) mass is 237 g/mol. The number of rotatable bonds is 5. The third-order valence-electron chi connectivity index (χ3n) is 2.73. The first-order valence-electron chi connectivity index (χ1n) is 5.72. The molecule has 0 aromatic heterocycles. The Bertz CT molecular complexity index is 371. The number of non-ortho nitro benzene ring substituents is 1. The van der Waals surface area contributed by atoms with E-state index >= 15 is 0 Å². The van der Waals surface area contributed by atoms with Crippen molar-refractivity contribution in [3.8, 4) is 0 Å². The highest BCUT2D eigenvalue weighted by atomic mass is 16.7. The molecule has 1 aliphatic rings. The number of hydrogen-bond donors (Lipinski definition) is 0. The van der Waals surface area contributed by atoms with Crippen molar-refractivity contribution in [1.29, 1.82) is 0 Å². The first-order valence-corrected chi connectivity index (χ1v) is 5.72. The summed E-state index contributed by atoms with van der Waals surface area (Å²) in [5.74, 6) is 0. The molecule has 92 valence electrons. The predicted octanol–water partition coefficient (Wildman–Crippen LogP) is 2.29. The van der Waals surface area contributed by atoms with Gasteiger partial charge in [0.15, 0.2) is 6.29 Å². The van der Waals surface area contributed by atoms with Crippen molar-refractivity contribution in [2.75, 3.05) is 13.2 Å². The van der Waals surface area contributed by atoms with E-state index < -0.39 is 4.92 Å². The van der Waals surface area contributed by atoms with Crippen molar-refractivity contribution in [2.24, 2.45) is 0 Å². The summed E-state index contributed by atoms with van der Waals surface area (Å²) in [6.45, 7) is 1.37. The first kappa shape index (κ1) is 12.0. The van der Waals surface area contributed by atoms with Crippen molar-refractivity contribution >= 4 is 5.69 Å². The molecule has 5 heteroatoms. The normalized spacial score (nSPS) is 19.4. The maximum Gasteiger partial charge on any atom is 0.269 e. The zero-order valence-corrected chi connectivity index (χ0v) is 9.50. The number of hydrogen-bond acceptors (Lipinski definition) is 4. The summed E-state index contributed by atoms with van der Waals surface area (Å²) in [5, 5.41) is 10.5. The van der Waals surface area contributed by atoms with E-state index in [9.17, 15) is 10.1 Å². The molecule has 1 aliphatic heterocycles. The van der Waals surface area contributed by atoms with Gasteiger partial charge in [0.25, 0.3) is 5.69 Å². The highest BCUT2D eigenvalue weighted by molar-refractivity contribution is 5.32.